The molecule has 1 atom stereocenters. The maximum atomic E-state index is 13.1. The molecule has 3 N–H and O–H groups in total. The highest BCUT2D eigenvalue weighted by atomic mass is 16.5. The predicted octanol–water partition coefficient (Wildman–Crippen LogP) is 1.10. The highest BCUT2D eigenvalue weighted by Crippen LogP contribution is 2.31. The highest BCUT2D eigenvalue weighted by molar-refractivity contribution is 5.88. The molecule has 1 fully saturated rings. The van der Waals surface area contributed by atoms with Gasteiger partial charge in [0.25, 0.3) is 0 Å². The summed E-state index contributed by atoms with van der Waals surface area (Å²) < 4.78 is 9.98. The number of nitrogens with two attached hydrogens (primary N) is 1. The summed E-state index contributed by atoms with van der Waals surface area (Å²) >= 11 is 0. The first-order chi connectivity index (χ1) is 15.0. The van der Waals surface area contributed by atoms with E-state index in [1.165, 1.54) is 19.7 Å². The Bertz CT molecular complexity index is 1380. The van der Waals surface area contributed by atoms with Gasteiger partial charge in [0.05, 0.1) is 18.2 Å². The minimum Gasteiger partial charge on any atom is -0.376 e. The van der Waals surface area contributed by atoms with Crippen LogP contribution in [0.1, 0.15) is 12.8 Å². The van der Waals surface area contributed by atoms with Crippen LogP contribution in [0.5, 0.6) is 0 Å². The van der Waals surface area contributed by atoms with E-state index in [1.807, 2.05) is 30.3 Å². The van der Waals surface area contributed by atoms with Gasteiger partial charge < -0.3 is 9.30 Å². The van der Waals surface area contributed by atoms with E-state index in [0.29, 0.717) is 24.4 Å². The molecule has 9 heteroatoms. The Morgan fingerprint density at radius 2 is 1.97 bits per heavy atom. The van der Waals surface area contributed by atoms with Crippen molar-refractivity contribution < 1.29 is 9.72 Å². The topological polar surface area (TPSA) is 111 Å². The Kier molecular flexibility index (Phi) is 4.67. The zero-order valence-electron chi connectivity index (χ0n) is 17.1. The molecule has 158 valence electrons. The molecule has 1 saturated heterocycles. The van der Waals surface area contributed by atoms with E-state index in [0.717, 1.165) is 29.7 Å². The number of fused-ring (bicyclic) bond motifs is 1. The van der Waals surface area contributed by atoms with Gasteiger partial charge in [0.2, 0.25) is 11.2 Å². The van der Waals surface area contributed by atoms with Crippen LogP contribution < -0.4 is 22.0 Å². The van der Waals surface area contributed by atoms with Crippen LogP contribution in [0.4, 0.5) is 5.95 Å². The Balaban J connectivity index is 1.81. The van der Waals surface area contributed by atoms with Gasteiger partial charge in [0, 0.05) is 37.0 Å². The molecule has 1 aliphatic heterocycles. The van der Waals surface area contributed by atoms with E-state index in [-0.39, 0.29) is 23.3 Å². The molecule has 0 radical (unpaired) electrons. The molecule has 1 aromatic carbocycles. The van der Waals surface area contributed by atoms with E-state index in [2.05, 4.69) is 10.1 Å². The van der Waals surface area contributed by atoms with Crippen LogP contribution in [0.2, 0.25) is 0 Å². The first-order valence-electron chi connectivity index (χ1n) is 10.2. The van der Waals surface area contributed by atoms with E-state index >= 15 is 0 Å². The number of nitrogen functional groups attached to an aromatic ring is 1. The van der Waals surface area contributed by atoms with Crippen LogP contribution in [0.3, 0.4) is 0 Å². The fourth-order valence-corrected chi connectivity index (χ4v) is 4.08. The molecule has 9 nitrogen and oxygen atoms in total. The van der Waals surface area contributed by atoms with Crippen LogP contribution >= 0.6 is 0 Å². The molecule has 0 spiro atoms. The summed E-state index contributed by atoms with van der Waals surface area (Å²) in [6.07, 6.45) is 3.56. The molecule has 4 heterocycles. The monoisotopic (exact) mass is 419 g/mol. The van der Waals surface area contributed by atoms with Crippen molar-refractivity contribution in [1.29, 1.82) is 0 Å². The third-order valence-corrected chi connectivity index (χ3v) is 5.64. The SMILES string of the molecule is Cn1cc(-c2c(-c3ccccc3)[nH+]c(N)n3c(=O)n(C[C@H]4CCCO4)nc23)ccc1=O. The summed E-state index contributed by atoms with van der Waals surface area (Å²) in [7, 11) is 1.69. The van der Waals surface area contributed by atoms with Crippen molar-refractivity contribution in [3.63, 3.8) is 0 Å². The second kappa shape index (κ2) is 7.51. The zero-order chi connectivity index (χ0) is 21.5. The average molecular weight is 419 g/mol. The maximum absolute atomic E-state index is 13.1. The molecular formula is C22H23N6O3+. The molecule has 0 unspecified atom stereocenters. The summed E-state index contributed by atoms with van der Waals surface area (Å²) in [6, 6.07) is 12.9. The zero-order valence-corrected chi connectivity index (χ0v) is 17.1. The average Bonchev–Trinajstić information content (AvgIpc) is 3.39. The summed E-state index contributed by atoms with van der Waals surface area (Å²) in [5, 5.41) is 4.65. The minimum atomic E-state index is -0.329. The van der Waals surface area contributed by atoms with Gasteiger partial charge in [-0.3, -0.25) is 10.5 Å². The van der Waals surface area contributed by atoms with Gasteiger partial charge in [0.1, 0.15) is 5.69 Å². The van der Waals surface area contributed by atoms with Crippen molar-refractivity contribution in [2.45, 2.75) is 25.5 Å². The Hall–Kier alpha value is -3.72. The first kappa shape index (κ1) is 19.3. The Labute approximate surface area is 177 Å². The van der Waals surface area contributed by atoms with Gasteiger partial charge in [-0.1, -0.05) is 30.3 Å². The molecule has 1 aliphatic rings. The molecular weight excluding hydrogens is 396 g/mol. The molecule has 0 saturated carbocycles. The normalized spacial score (nSPS) is 16.2. The number of pyridine rings is 1. The Morgan fingerprint density at radius 1 is 1.16 bits per heavy atom. The quantitative estimate of drug-likeness (QED) is 0.533. The van der Waals surface area contributed by atoms with E-state index < -0.39 is 0 Å². The summed E-state index contributed by atoms with van der Waals surface area (Å²) in [5.41, 5.74) is 9.31. The van der Waals surface area contributed by atoms with Crippen molar-refractivity contribution in [2.24, 2.45) is 7.05 Å². The number of aromatic amines is 1. The van der Waals surface area contributed by atoms with Crippen LogP contribution in [0, 0.1) is 0 Å². The lowest BCUT2D eigenvalue weighted by atomic mass is 10.0. The number of benzene rings is 1. The standard InChI is InChI=1S/C22H22N6O3/c1-26-12-15(9-10-17(26)29)18-19(14-6-3-2-4-7-14)24-21(23)28-20(18)25-27(22(28)30)13-16-8-5-11-31-16/h2-4,6-7,9-10,12,16H,5,8,11,13H2,1H3,(H2,23,24)/p+1/t16-/m1/s1. The molecule has 31 heavy (non-hydrogen) atoms. The fraction of sp³-hybridized carbons (Fsp3) is 0.273. The number of anilines is 1. The van der Waals surface area contributed by atoms with Gasteiger partial charge in [0.15, 0.2) is 0 Å². The van der Waals surface area contributed by atoms with Crippen molar-refractivity contribution in [2.75, 3.05) is 12.3 Å². The minimum absolute atomic E-state index is 0.0394. The van der Waals surface area contributed by atoms with E-state index in [4.69, 9.17) is 10.5 Å². The van der Waals surface area contributed by atoms with Crippen molar-refractivity contribution in [3.05, 3.63) is 69.5 Å². The van der Waals surface area contributed by atoms with Crippen molar-refractivity contribution in [1.82, 2.24) is 18.7 Å². The number of rotatable bonds is 4. The third-order valence-electron chi connectivity index (χ3n) is 5.64. The molecule has 3 aromatic heterocycles. The number of nitrogens with zero attached hydrogens (tertiary/aromatic N) is 4. The van der Waals surface area contributed by atoms with Crippen molar-refractivity contribution >= 4 is 11.6 Å². The summed E-state index contributed by atoms with van der Waals surface area (Å²) in [5.74, 6) is 0.186. The van der Waals surface area contributed by atoms with Crippen LogP contribution in [-0.4, -0.2) is 31.5 Å². The second-order valence-electron chi connectivity index (χ2n) is 7.75. The lowest BCUT2D eigenvalue weighted by molar-refractivity contribution is -0.351. The molecule has 4 aromatic rings. The number of H-pyrrole nitrogens is 1. The lowest BCUT2D eigenvalue weighted by Crippen LogP contribution is -2.30. The Morgan fingerprint density at radius 3 is 2.68 bits per heavy atom. The van der Waals surface area contributed by atoms with E-state index in [1.54, 1.807) is 19.3 Å². The molecule has 0 bridgehead atoms. The van der Waals surface area contributed by atoms with Gasteiger partial charge in [-0.2, -0.15) is 4.68 Å². The third kappa shape index (κ3) is 3.32. The maximum Gasteiger partial charge on any atom is 0.411 e. The molecule has 0 amide bonds. The van der Waals surface area contributed by atoms with Gasteiger partial charge in [-0.25, -0.2) is 9.78 Å². The van der Waals surface area contributed by atoms with Crippen LogP contribution in [0.15, 0.2) is 58.3 Å². The number of aryl methyl sites for hydroxylation is 1. The predicted molar refractivity (Wildman–Crippen MR) is 116 cm³/mol. The van der Waals surface area contributed by atoms with Crippen molar-refractivity contribution in [3.8, 4) is 22.4 Å². The molecule has 0 aliphatic carbocycles. The summed E-state index contributed by atoms with van der Waals surface area (Å²) in [4.78, 5) is 28.3. The van der Waals surface area contributed by atoms with Gasteiger partial charge >= 0.3 is 11.6 Å². The second-order valence-corrected chi connectivity index (χ2v) is 7.75. The number of ether oxygens (including phenoxy) is 1. The van der Waals surface area contributed by atoms with Gasteiger partial charge in [-0.05, 0) is 18.9 Å². The number of aromatic nitrogens is 5. The smallest absolute Gasteiger partial charge is 0.376 e. The van der Waals surface area contributed by atoms with Crippen LogP contribution in [-0.2, 0) is 18.3 Å². The first-order valence-corrected chi connectivity index (χ1v) is 10.2. The summed E-state index contributed by atoms with van der Waals surface area (Å²) in [6.45, 7) is 1.07. The van der Waals surface area contributed by atoms with E-state index in [9.17, 15) is 9.59 Å². The fourth-order valence-electron chi connectivity index (χ4n) is 4.08. The van der Waals surface area contributed by atoms with Gasteiger partial charge in [-0.15, -0.1) is 9.50 Å². The highest BCUT2D eigenvalue weighted by Gasteiger charge is 2.27. The number of nitrogens with one attached hydrogen (secondary N) is 1. The number of hydrogen-bond acceptors (Lipinski definition) is 5. The molecule has 5 rings (SSSR count). The number of hydrogen-bond donors (Lipinski definition) is 1. The largest absolute Gasteiger partial charge is 0.411 e. The lowest BCUT2D eigenvalue weighted by Gasteiger charge is -2.10. The van der Waals surface area contributed by atoms with Crippen LogP contribution in [0.25, 0.3) is 28.0 Å².